The van der Waals surface area contributed by atoms with Crippen molar-refractivity contribution < 1.29 is 9.47 Å². The zero-order valence-corrected chi connectivity index (χ0v) is 11.1. The van der Waals surface area contributed by atoms with Crippen LogP contribution >= 0.6 is 0 Å². The van der Waals surface area contributed by atoms with Crippen LogP contribution in [0.1, 0.15) is 16.7 Å². The molecule has 0 bridgehead atoms. The van der Waals surface area contributed by atoms with Crippen molar-refractivity contribution in [1.82, 2.24) is 0 Å². The second-order valence-electron chi connectivity index (χ2n) is 4.43. The van der Waals surface area contributed by atoms with Gasteiger partial charge in [-0.2, -0.15) is 0 Å². The van der Waals surface area contributed by atoms with Crippen molar-refractivity contribution in [2.45, 2.75) is 20.5 Å². The maximum atomic E-state index is 7.68. The van der Waals surface area contributed by atoms with Crippen molar-refractivity contribution in [3.8, 4) is 5.75 Å². The van der Waals surface area contributed by atoms with E-state index < -0.39 is 0 Å². The highest BCUT2D eigenvalue weighted by atomic mass is 16.7. The first kappa shape index (κ1) is 13.1. The third kappa shape index (κ3) is 3.85. The summed E-state index contributed by atoms with van der Waals surface area (Å²) >= 11 is 0. The Morgan fingerprint density at radius 3 is 2.47 bits per heavy atom. The first-order valence-corrected chi connectivity index (χ1v) is 6.15. The van der Waals surface area contributed by atoms with Crippen LogP contribution in [-0.4, -0.2) is 6.08 Å². The molecule has 19 heavy (non-hydrogen) atoms. The van der Waals surface area contributed by atoms with Gasteiger partial charge in [0.25, 0.3) is 0 Å². The molecule has 0 saturated carbocycles. The van der Waals surface area contributed by atoms with Crippen LogP contribution in [0.2, 0.25) is 0 Å². The van der Waals surface area contributed by atoms with Crippen LogP contribution in [0.25, 0.3) is 0 Å². The van der Waals surface area contributed by atoms with Gasteiger partial charge in [0.2, 0.25) is 0 Å². The molecule has 0 amide bonds. The molecule has 0 heterocycles. The summed E-state index contributed by atoms with van der Waals surface area (Å²) in [5, 5.41) is 7.68. The molecule has 2 rings (SSSR count). The SMILES string of the molecule is Cc1ccc(OC(=N)OCc2ccccc2)c(C)c1. The van der Waals surface area contributed by atoms with Crippen LogP contribution in [0.15, 0.2) is 48.5 Å². The number of hydrogen-bond donors (Lipinski definition) is 1. The fourth-order valence-electron chi connectivity index (χ4n) is 1.77. The zero-order valence-electron chi connectivity index (χ0n) is 11.1. The van der Waals surface area contributed by atoms with Crippen molar-refractivity contribution in [3.05, 3.63) is 65.2 Å². The molecular formula is C16H17NO2. The maximum Gasteiger partial charge on any atom is 0.386 e. The zero-order chi connectivity index (χ0) is 13.7. The average Bonchev–Trinajstić information content (AvgIpc) is 2.41. The number of rotatable bonds is 3. The van der Waals surface area contributed by atoms with E-state index in [-0.39, 0.29) is 6.08 Å². The summed E-state index contributed by atoms with van der Waals surface area (Å²) in [4.78, 5) is 0. The van der Waals surface area contributed by atoms with Gasteiger partial charge in [-0.05, 0) is 31.0 Å². The van der Waals surface area contributed by atoms with E-state index in [4.69, 9.17) is 14.9 Å². The highest BCUT2D eigenvalue weighted by molar-refractivity contribution is 5.67. The molecule has 0 aliphatic carbocycles. The highest BCUT2D eigenvalue weighted by Crippen LogP contribution is 2.19. The Morgan fingerprint density at radius 2 is 1.79 bits per heavy atom. The summed E-state index contributed by atoms with van der Waals surface area (Å²) < 4.78 is 10.7. The van der Waals surface area contributed by atoms with Crippen LogP contribution in [0.4, 0.5) is 0 Å². The maximum absolute atomic E-state index is 7.68. The largest absolute Gasteiger partial charge is 0.446 e. The number of hydrogen-bond acceptors (Lipinski definition) is 3. The molecule has 1 N–H and O–H groups in total. The van der Waals surface area contributed by atoms with E-state index in [1.54, 1.807) is 0 Å². The van der Waals surface area contributed by atoms with E-state index in [0.29, 0.717) is 12.4 Å². The van der Waals surface area contributed by atoms with Crippen LogP contribution in [0.5, 0.6) is 5.75 Å². The van der Waals surface area contributed by atoms with E-state index >= 15 is 0 Å². The van der Waals surface area contributed by atoms with Gasteiger partial charge in [-0.3, -0.25) is 0 Å². The molecule has 2 aromatic rings. The number of ether oxygens (including phenoxy) is 2. The lowest BCUT2D eigenvalue weighted by atomic mass is 10.1. The quantitative estimate of drug-likeness (QED) is 0.669. The van der Waals surface area contributed by atoms with E-state index in [0.717, 1.165) is 11.1 Å². The Morgan fingerprint density at radius 1 is 1.05 bits per heavy atom. The molecule has 3 nitrogen and oxygen atoms in total. The minimum atomic E-state index is -0.184. The van der Waals surface area contributed by atoms with E-state index in [2.05, 4.69) is 0 Å². The predicted octanol–water partition coefficient (Wildman–Crippen LogP) is 3.83. The average molecular weight is 255 g/mol. The van der Waals surface area contributed by atoms with E-state index in [1.807, 2.05) is 62.4 Å². The minimum absolute atomic E-state index is 0.184. The Balaban J connectivity index is 1.91. The lowest BCUT2D eigenvalue weighted by Crippen LogP contribution is -2.12. The van der Waals surface area contributed by atoms with Crippen molar-refractivity contribution in [1.29, 1.82) is 5.41 Å². The Bertz CT molecular complexity index is 564. The second kappa shape index (κ2) is 6.05. The Labute approximate surface area is 113 Å². The third-order valence-corrected chi connectivity index (χ3v) is 2.75. The molecule has 0 aliphatic rings. The van der Waals surface area contributed by atoms with Gasteiger partial charge in [0.15, 0.2) is 0 Å². The van der Waals surface area contributed by atoms with Gasteiger partial charge in [0, 0.05) is 0 Å². The summed E-state index contributed by atoms with van der Waals surface area (Å²) in [5.41, 5.74) is 3.17. The van der Waals surface area contributed by atoms with E-state index in [9.17, 15) is 0 Å². The van der Waals surface area contributed by atoms with Crippen LogP contribution in [0, 0.1) is 19.3 Å². The molecule has 0 aromatic heterocycles. The van der Waals surface area contributed by atoms with Crippen molar-refractivity contribution in [3.63, 3.8) is 0 Å². The van der Waals surface area contributed by atoms with Gasteiger partial charge in [0.1, 0.15) is 12.4 Å². The predicted molar refractivity (Wildman–Crippen MR) is 75.5 cm³/mol. The molecule has 98 valence electrons. The normalized spacial score (nSPS) is 10.0. The molecule has 0 unspecified atom stereocenters. The van der Waals surface area contributed by atoms with Gasteiger partial charge in [-0.1, -0.05) is 48.0 Å². The number of benzene rings is 2. The Hall–Kier alpha value is -2.29. The topological polar surface area (TPSA) is 42.3 Å². The first-order chi connectivity index (χ1) is 9.15. The minimum Gasteiger partial charge on any atom is -0.446 e. The summed E-state index contributed by atoms with van der Waals surface area (Å²) in [6, 6.07) is 15.5. The molecule has 0 saturated heterocycles. The molecule has 0 aliphatic heterocycles. The number of nitrogens with one attached hydrogen (secondary N) is 1. The summed E-state index contributed by atoms with van der Waals surface area (Å²) in [5.74, 6) is 0.656. The molecule has 0 radical (unpaired) electrons. The van der Waals surface area contributed by atoms with Crippen LogP contribution in [0.3, 0.4) is 0 Å². The monoisotopic (exact) mass is 255 g/mol. The van der Waals surface area contributed by atoms with Gasteiger partial charge in [0.05, 0.1) is 0 Å². The first-order valence-electron chi connectivity index (χ1n) is 6.15. The van der Waals surface area contributed by atoms with Gasteiger partial charge >= 0.3 is 6.08 Å². The van der Waals surface area contributed by atoms with Crippen molar-refractivity contribution in [2.24, 2.45) is 0 Å². The lowest BCUT2D eigenvalue weighted by molar-refractivity contribution is 0.220. The third-order valence-electron chi connectivity index (χ3n) is 2.75. The number of aryl methyl sites for hydroxylation is 2. The molecular weight excluding hydrogens is 238 g/mol. The fraction of sp³-hybridized carbons (Fsp3) is 0.188. The Kier molecular flexibility index (Phi) is 4.18. The summed E-state index contributed by atoms with van der Waals surface area (Å²) in [7, 11) is 0. The highest BCUT2D eigenvalue weighted by Gasteiger charge is 2.05. The van der Waals surface area contributed by atoms with Crippen molar-refractivity contribution in [2.75, 3.05) is 0 Å². The lowest BCUT2D eigenvalue weighted by Gasteiger charge is -2.10. The van der Waals surface area contributed by atoms with Gasteiger partial charge < -0.3 is 9.47 Å². The fourth-order valence-corrected chi connectivity index (χ4v) is 1.77. The van der Waals surface area contributed by atoms with Gasteiger partial charge in [-0.25, -0.2) is 5.41 Å². The summed E-state index contributed by atoms with van der Waals surface area (Å²) in [6.45, 7) is 4.31. The van der Waals surface area contributed by atoms with Crippen molar-refractivity contribution >= 4 is 6.08 Å². The second-order valence-corrected chi connectivity index (χ2v) is 4.43. The molecule has 0 fully saturated rings. The van der Waals surface area contributed by atoms with Gasteiger partial charge in [-0.15, -0.1) is 0 Å². The van der Waals surface area contributed by atoms with Crippen LogP contribution < -0.4 is 4.74 Å². The smallest absolute Gasteiger partial charge is 0.386 e. The molecule has 0 atom stereocenters. The standard InChI is InChI=1S/C16H17NO2/c1-12-8-9-15(13(2)10-12)19-16(17)18-11-14-6-4-3-5-7-14/h3-10,17H,11H2,1-2H3. The summed E-state index contributed by atoms with van der Waals surface area (Å²) in [6.07, 6.45) is -0.184. The van der Waals surface area contributed by atoms with E-state index in [1.165, 1.54) is 5.56 Å². The van der Waals surface area contributed by atoms with Crippen LogP contribution in [-0.2, 0) is 11.3 Å². The molecule has 3 heteroatoms. The molecule has 0 spiro atoms. The molecule has 2 aromatic carbocycles.